The number of rotatable bonds is 9. The molecule has 2 fully saturated rings. The molecule has 0 aliphatic carbocycles. The number of aliphatic imine (C=N–C) groups is 1. The number of nitrogen functional groups attached to an aromatic ring is 2. The number of allylic oxidation sites excluding steroid dienone is 1. The average Bonchev–Trinajstić information content (AvgIpc) is 3.51. The van der Waals surface area contributed by atoms with E-state index in [1.54, 1.807) is 19.1 Å². The van der Waals surface area contributed by atoms with Crippen molar-refractivity contribution in [1.29, 1.82) is 0 Å². The Bertz CT molecular complexity index is 2470. The summed E-state index contributed by atoms with van der Waals surface area (Å²) < 4.78 is 25.1. The number of aromatic hydroxyl groups is 1. The van der Waals surface area contributed by atoms with Crippen molar-refractivity contribution in [3.05, 3.63) is 93.3 Å². The van der Waals surface area contributed by atoms with Gasteiger partial charge in [0.1, 0.15) is 76.6 Å². The molecule has 3 aromatic heterocycles. The number of nitrogens with one attached hydrogen (secondary N) is 1. The van der Waals surface area contributed by atoms with E-state index in [0.29, 0.717) is 79.5 Å². The molecule has 6 atom stereocenters. The molecule has 0 amide bonds. The third-order valence-electron chi connectivity index (χ3n) is 12.1. The Morgan fingerprint density at radius 2 is 1.84 bits per heavy atom. The van der Waals surface area contributed by atoms with Crippen LogP contribution < -0.4 is 26.5 Å². The van der Waals surface area contributed by atoms with Gasteiger partial charge in [0.2, 0.25) is 0 Å². The first-order valence-corrected chi connectivity index (χ1v) is 19.7. The molecule has 8 heterocycles. The van der Waals surface area contributed by atoms with Crippen LogP contribution in [-0.2, 0) is 27.2 Å². The largest absolute Gasteiger partial charge is 0.507 e. The molecule has 57 heavy (non-hydrogen) atoms. The first-order valence-electron chi connectivity index (χ1n) is 19.7. The fourth-order valence-electron chi connectivity index (χ4n) is 9.57. The Morgan fingerprint density at radius 3 is 2.65 bits per heavy atom. The molecule has 5 aliphatic rings. The highest BCUT2D eigenvalue weighted by atomic mass is 16.7. The summed E-state index contributed by atoms with van der Waals surface area (Å²) in [6.45, 7) is 6.78. The van der Waals surface area contributed by atoms with Gasteiger partial charge in [0.15, 0.2) is 11.0 Å². The number of phenolic OH excluding ortho intramolecular Hbond substituents is 1. The topological polar surface area (TPSA) is 213 Å². The van der Waals surface area contributed by atoms with Crippen LogP contribution in [0, 0.1) is 12.8 Å². The van der Waals surface area contributed by atoms with Crippen molar-refractivity contribution in [1.82, 2.24) is 9.97 Å². The van der Waals surface area contributed by atoms with Crippen LogP contribution in [0.1, 0.15) is 74.5 Å². The molecule has 0 saturated carbocycles. The zero-order chi connectivity index (χ0) is 39.8. The lowest BCUT2D eigenvalue weighted by Crippen LogP contribution is -3.05. The van der Waals surface area contributed by atoms with E-state index >= 15 is 0 Å². The summed E-state index contributed by atoms with van der Waals surface area (Å²) in [5.41, 5.74) is 16.2. The van der Waals surface area contributed by atoms with Crippen LogP contribution in [0.15, 0.2) is 74.7 Å². The maximum atomic E-state index is 14.5. The summed E-state index contributed by atoms with van der Waals surface area (Å²) in [6.07, 6.45) is 7.94. The molecule has 9 rings (SSSR count). The Kier molecular flexibility index (Phi) is 8.98. The van der Waals surface area contributed by atoms with E-state index in [9.17, 15) is 19.8 Å². The van der Waals surface area contributed by atoms with Gasteiger partial charge in [-0.15, -0.1) is 0 Å². The second kappa shape index (κ2) is 13.8. The Hall–Kier alpha value is -5.57. The van der Waals surface area contributed by atoms with Crippen molar-refractivity contribution in [3.63, 3.8) is 0 Å². The number of aliphatic hydroxyl groups is 1. The lowest BCUT2D eigenvalue weighted by Gasteiger charge is -2.46. The molecule has 0 bridgehead atoms. The fourth-order valence-corrected chi connectivity index (χ4v) is 9.57. The lowest BCUT2D eigenvalue weighted by atomic mass is 9.72. The van der Waals surface area contributed by atoms with Crippen molar-refractivity contribution < 1.29 is 38.5 Å². The van der Waals surface area contributed by atoms with Crippen LogP contribution in [-0.4, -0.2) is 68.4 Å². The number of nitrogens with two attached hydrogens (primary N) is 2. The second-order valence-corrected chi connectivity index (χ2v) is 16.5. The Morgan fingerprint density at radius 1 is 1.02 bits per heavy atom. The molecule has 2 saturated heterocycles. The number of nitrogens with zero attached hydrogens (tertiary/aromatic N) is 3. The predicted octanol–water partition coefficient (Wildman–Crippen LogP) is 3.80. The van der Waals surface area contributed by atoms with Crippen LogP contribution in [0.5, 0.6) is 11.5 Å². The highest BCUT2D eigenvalue weighted by molar-refractivity contribution is 6.06. The van der Waals surface area contributed by atoms with Crippen LogP contribution >= 0.6 is 0 Å². The van der Waals surface area contributed by atoms with E-state index in [-0.39, 0.29) is 34.7 Å². The number of hydrogen-bond donors (Lipinski definition) is 5. The smallest absolute Gasteiger partial charge is 0.341 e. The summed E-state index contributed by atoms with van der Waals surface area (Å²) in [5, 5.41) is 21.5. The molecule has 296 valence electrons. The Labute approximate surface area is 328 Å². The Balaban J connectivity index is 0.957. The van der Waals surface area contributed by atoms with Crippen LogP contribution in [0.2, 0.25) is 0 Å². The van der Waals surface area contributed by atoms with Crippen LogP contribution in [0.4, 0.5) is 11.6 Å². The molecule has 1 spiro atoms. The number of hydrogen-bond acceptors (Lipinski definition) is 13. The quantitative estimate of drug-likeness (QED) is 0.121. The van der Waals surface area contributed by atoms with Crippen molar-refractivity contribution in [2.75, 3.05) is 24.6 Å². The molecule has 0 radical (unpaired) electrons. The van der Waals surface area contributed by atoms with Crippen molar-refractivity contribution in [2.24, 2.45) is 10.9 Å². The SMILES string of the molecule is Cc1cc(=O)c2c(O)c3c(cc2o1)OC(C)(C)C1OC(=O)C2(OC2CCc2cc(N)nc(-c4cc(N)nc(C[NH+]5C=C6C=CN=C6C5)c4)c2)C(CCCO)CCC31. The highest BCUT2D eigenvalue weighted by Crippen LogP contribution is 2.57. The van der Waals surface area contributed by atoms with Crippen molar-refractivity contribution >= 4 is 34.3 Å². The number of fused-ring (bicyclic) bond motifs is 5. The minimum absolute atomic E-state index is 0.0337. The number of pyridine rings is 2. The van der Waals surface area contributed by atoms with E-state index in [1.165, 1.54) is 11.0 Å². The van der Waals surface area contributed by atoms with E-state index in [2.05, 4.69) is 21.2 Å². The highest BCUT2D eigenvalue weighted by Gasteiger charge is 2.69. The molecular weight excluding hydrogens is 729 g/mol. The van der Waals surface area contributed by atoms with Crippen molar-refractivity contribution in [3.8, 4) is 22.8 Å². The number of carbonyl (C=O) groups is 1. The van der Waals surface area contributed by atoms with Gasteiger partial charge in [-0.25, -0.2) is 14.8 Å². The maximum absolute atomic E-state index is 14.5. The molecule has 6 unspecified atom stereocenters. The minimum Gasteiger partial charge on any atom is -0.507 e. The number of epoxide rings is 1. The van der Waals surface area contributed by atoms with E-state index in [1.807, 2.05) is 44.3 Å². The summed E-state index contributed by atoms with van der Waals surface area (Å²) in [4.78, 5) is 42.4. The van der Waals surface area contributed by atoms with Gasteiger partial charge in [-0.1, -0.05) is 0 Å². The van der Waals surface area contributed by atoms with Gasteiger partial charge in [-0.3, -0.25) is 14.7 Å². The molecule has 5 aliphatic heterocycles. The van der Waals surface area contributed by atoms with E-state index < -0.39 is 35.3 Å². The van der Waals surface area contributed by atoms with Gasteiger partial charge in [0, 0.05) is 47.9 Å². The molecule has 1 aromatic carbocycles. The summed E-state index contributed by atoms with van der Waals surface area (Å²) in [7, 11) is 0. The van der Waals surface area contributed by atoms with Gasteiger partial charge in [0.05, 0.1) is 23.1 Å². The zero-order valence-electron chi connectivity index (χ0n) is 32.2. The normalized spacial score (nSPS) is 26.8. The lowest BCUT2D eigenvalue weighted by molar-refractivity contribution is -0.848. The number of esters is 1. The molecule has 14 heteroatoms. The molecule has 7 N–H and O–H groups in total. The molecule has 4 aromatic rings. The average molecular weight is 776 g/mol. The number of benzene rings is 1. The maximum Gasteiger partial charge on any atom is 0.341 e. The monoisotopic (exact) mass is 775 g/mol. The third kappa shape index (κ3) is 6.55. The standard InChI is InChI=1S/C43H46N6O8/c1-22-13-31(51)38-32(54-22)18-33-37(39(38)52)28-8-7-26(5-4-12-50)43(41(53)55-40(28)42(2,3)56-33)34(57-43)9-6-23-14-29(48-35(44)15-23)25-16-27(47-36(45)17-25)20-49-19-24-10-11-46-30(24)21-49/h10-11,13-19,26,28,34,40,50,52H,4-9,12,20-21H2,1-3H3,(H2,44,48)(H2,45,47)/p+1. The minimum atomic E-state index is -1.20. The number of quaternary nitrogens is 1. The van der Waals surface area contributed by atoms with Gasteiger partial charge in [0.25, 0.3) is 0 Å². The third-order valence-corrected chi connectivity index (χ3v) is 12.1. The predicted molar refractivity (Wildman–Crippen MR) is 212 cm³/mol. The van der Waals surface area contributed by atoms with Gasteiger partial charge in [-0.05, 0) is 95.2 Å². The molecular formula is C43H47N6O8+. The summed E-state index contributed by atoms with van der Waals surface area (Å²) >= 11 is 0. The number of aliphatic hydroxyl groups excluding tert-OH is 1. The zero-order valence-corrected chi connectivity index (χ0v) is 32.2. The summed E-state index contributed by atoms with van der Waals surface area (Å²) in [5.74, 6) is 0.120. The summed E-state index contributed by atoms with van der Waals surface area (Å²) in [6, 6.07) is 10.6. The van der Waals surface area contributed by atoms with Crippen LogP contribution in [0.3, 0.4) is 0 Å². The number of aryl methyl sites for hydroxylation is 2. The van der Waals surface area contributed by atoms with E-state index in [4.69, 9.17) is 30.1 Å². The number of aromatic nitrogens is 2. The van der Waals surface area contributed by atoms with Crippen LogP contribution in [0.25, 0.3) is 22.2 Å². The van der Waals surface area contributed by atoms with Gasteiger partial charge in [-0.2, -0.15) is 0 Å². The van der Waals surface area contributed by atoms with Gasteiger partial charge < -0.3 is 40.3 Å². The van der Waals surface area contributed by atoms with Crippen molar-refractivity contribution in [2.45, 2.75) is 95.2 Å². The van der Waals surface area contributed by atoms with Gasteiger partial charge >= 0.3 is 5.97 Å². The molecule has 14 nitrogen and oxygen atoms in total. The number of phenols is 1. The second-order valence-electron chi connectivity index (χ2n) is 16.5. The van der Waals surface area contributed by atoms with E-state index in [0.717, 1.165) is 34.7 Å². The number of anilines is 2. The fraction of sp³-hybridized carbons (Fsp3) is 0.419. The number of ether oxygens (including phenoxy) is 3. The number of carbonyl (C=O) groups excluding carboxylic acids is 1. The first-order chi connectivity index (χ1) is 27.3. The first kappa shape index (κ1) is 37.0.